The molecule has 3 amide bonds. The van der Waals surface area contributed by atoms with Crippen LogP contribution >= 0.6 is 0 Å². The summed E-state index contributed by atoms with van der Waals surface area (Å²) >= 11 is 0. The first kappa shape index (κ1) is 17.0. The van der Waals surface area contributed by atoms with E-state index in [0.29, 0.717) is 25.3 Å². The number of nitrogens with one attached hydrogen (secondary N) is 2. The maximum absolute atomic E-state index is 12.0. The van der Waals surface area contributed by atoms with E-state index in [1.807, 2.05) is 41.3 Å². The van der Waals surface area contributed by atoms with E-state index in [0.717, 1.165) is 30.6 Å². The largest absolute Gasteiger partial charge is 0.343 e. The Morgan fingerprint density at radius 1 is 1.28 bits per heavy atom. The number of urea groups is 1. The molecule has 2 aromatic rings. The summed E-state index contributed by atoms with van der Waals surface area (Å²) < 4.78 is 1.64. The molecule has 132 valence electrons. The number of aromatic nitrogens is 2. The van der Waals surface area contributed by atoms with Crippen LogP contribution in [0.4, 0.5) is 10.6 Å². The van der Waals surface area contributed by atoms with Crippen molar-refractivity contribution in [1.82, 2.24) is 20.0 Å². The van der Waals surface area contributed by atoms with Crippen LogP contribution in [0.3, 0.4) is 0 Å². The van der Waals surface area contributed by atoms with Gasteiger partial charge in [0.2, 0.25) is 5.91 Å². The molecule has 3 rings (SSSR count). The Balaban J connectivity index is 1.46. The van der Waals surface area contributed by atoms with Crippen molar-refractivity contribution >= 4 is 17.8 Å². The zero-order valence-corrected chi connectivity index (χ0v) is 14.4. The lowest BCUT2D eigenvalue weighted by atomic mass is 10.2. The van der Waals surface area contributed by atoms with Gasteiger partial charge in [-0.05, 0) is 12.8 Å². The molecule has 7 heteroatoms. The molecule has 1 aromatic heterocycles. The maximum Gasteiger partial charge on any atom is 0.320 e. The topological polar surface area (TPSA) is 79.3 Å². The lowest BCUT2D eigenvalue weighted by molar-refractivity contribution is -0.127. The van der Waals surface area contributed by atoms with Gasteiger partial charge in [-0.1, -0.05) is 30.3 Å². The molecule has 2 N–H and O–H groups in total. The number of likely N-dealkylation sites (tertiary alicyclic amines) is 1. The minimum atomic E-state index is -0.268. The average molecular weight is 341 g/mol. The average Bonchev–Trinajstić information content (AvgIpc) is 3.19. The second kappa shape index (κ2) is 7.83. The van der Waals surface area contributed by atoms with Crippen molar-refractivity contribution in [1.29, 1.82) is 0 Å². The molecule has 0 saturated carbocycles. The van der Waals surface area contributed by atoms with Crippen molar-refractivity contribution in [3.05, 3.63) is 36.4 Å². The Labute approximate surface area is 147 Å². The van der Waals surface area contributed by atoms with Gasteiger partial charge >= 0.3 is 6.03 Å². The number of aryl methyl sites for hydroxylation is 1. The standard InChI is InChI=1S/C18H23N5O2/c1-22-16(13-15(21-22)14-7-3-2-4-8-14)20-18(25)19-10-6-12-23-11-5-9-17(23)24/h2-4,7-8,13H,5-6,9-12H2,1H3,(H2,19,20,25). The molecule has 2 heterocycles. The van der Waals surface area contributed by atoms with Gasteiger partial charge in [0.15, 0.2) is 0 Å². The van der Waals surface area contributed by atoms with E-state index >= 15 is 0 Å². The zero-order chi connectivity index (χ0) is 17.6. The number of rotatable bonds is 6. The van der Waals surface area contributed by atoms with Gasteiger partial charge < -0.3 is 10.2 Å². The predicted octanol–water partition coefficient (Wildman–Crippen LogP) is 2.22. The van der Waals surface area contributed by atoms with Crippen LogP contribution in [-0.2, 0) is 11.8 Å². The maximum atomic E-state index is 12.0. The summed E-state index contributed by atoms with van der Waals surface area (Å²) in [6, 6.07) is 11.4. The van der Waals surface area contributed by atoms with Crippen molar-refractivity contribution in [2.45, 2.75) is 19.3 Å². The summed E-state index contributed by atoms with van der Waals surface area (Å²) in [5.74, 6) is 0.846. The summed E-state index contributed by atoms with van der Waals surface area (Å²) in [7, 11) is 1.79. The zero-order valence-electron chi connectivity index (χ0n) is 14.4. The van der Waals surface area contributed by atoms with Crippen molar-refractivity contribution in [3.63, 3.8) is 0 Å². The SMILES string of the molecule is Cn1nc(-c2ccccc2)cc1NC(=O)NCCCN1CCCC1=O. The highest BCUT2D eigenvalue weighted by Crippen LogP contribution is 2.20. The van der Waals surface area contributed by atoms with Crippen LogP contribution in [0.5, 0.6) is 0 Å². The van der Waals surface area contributed by atoms with Gasteiger partial charge in [-0.15, -0.1) is 0 Å². The van der Waals surface area contributed by atoms with Gasteiger partial charge in [0.25, 0.3) is 0 Å². The molecule has 1 aliphatic heterocycles. The Bertz CT molecular complexity index is 741. The lowest BCUT2D eigenvalue weighted by Gasteiger charge is -2.15. The van der Waals surface area contributed by atoms with Crippen LogP contribution in [-0.4, -0.2) is 46.3 Å². The van der Waals surface area contributed by atoms with Gasteiger partial charge in [-0.25, -0.2) is 4.79 Å². The third kappa shape index (κ3) is 4.37. The van der Waals surface area contributed by atoms with Crippen LogP contribution < -0.4 is 10.6 Å². The van der Waals surface area contributed by atoms with Gasteiger partial charge in [0.05, 0.1) is 5.69 Å². The number of hydrogen-bond acceptors (Lipinski definition) is 3. The molecule has 0 unspecified atom stereocenters. The Morgan fingerprint density at radius 3 is 2.80 bits per heavy atom. The smallest absolute Gasteiger partial charge is 0.320 e. The number of hydrogen-bond donors (Lipinski definition) is 2. The van der Waals surface area contributed by atoms with Gasteiger partial charge in [-0.2, -0.15) is 5.10 Å². The summed E-state index contributed by atoms with van der Waals surface area (Å²) in [4.78, 5) is 25.4. The first-order chi connectivity index (χ1) is 12.1. The molecule has 0 spiro atoms. The highest BCUT2D eigenvalue weighted by atomic mass is 16.2. The molecule has 0 bridgehead atoms. The summed E-state index contributed by atoms with van der Waals surface area (Å²) in [6.07, 6.45) is 2.34. The quantitative estimate of drug-likeness (QED) is 0.791. The van der Waals surface area contributed by atoms with Gasteiger partial charge in [-0.3, -0.25) is 14.8 Å². The normalized spacial score (nSPS) is 14.0. The van der Waals surface area contributed by atoms with E-state index in [4.69, 9.17) is 0 Å². The molecule has 1 fully saturated rings. The van der Waals surface area contributed by atoms with Crippen LogP contribution in [0.25, 0.3) is 11.3 Å². The first-order valence-corrected chi connectivity index (χ1v) is 8.55. The highest BCUT2D eigenvalue weighted by Gasteiger charge is 2.19. The van der Waals surface area contributed by atoms with Crippen molar-refractivity contribution in [3.8, 4) is 11.3 Å². The molecule has 0 atom stereocenters. The van der Waals surface area contributed by atoms with Crippen LogP contribution in [0.1, 0.15) is 19.3 Å². The van der Waals surface area contributed by atoms with Crippen LogP contribution in [0, 0.1) is 0 Å². The predicted molar refractivity (Wildman–Crippen MR) is 96.1 cm³/mol. The Hall–Kier alpha value is -2.83. The van der Waals surface area contributed by atoms with Crippen LogP contribution in [0.2, 0.25) is 0 Å². The van der Waals surface area contributed by atoms with Crippen molar-refractivity contribution in [2.24, 2.45) is 7.05 Å². The third-order valence-corrected chi connectivity index (χ3v) is 4.25. The van der Waals surface area contributed by atoms with E-state index in [2.05, 4.69) is 15.7 Å². The third-order valence-electron chi connectivity index (χ3n) is 4.25. The molecular weight excluding hydrogens is 318 g/mol. The molecule has 1 aromatic carbocycles. The van der Waals surface area contributed by atoms with E-state index in [-0.39, 0.29) is 11.9 Å². The molecule has 1 saturated heterocycles. The fourth-order valence-corrected chi connectivity index (χ4v) is 2.91. The van der Waals surface area contributed by atoms with Crippen LogP contribution in [0.15, 0.2) is 36.4 Å². The molecule has 25 heavy (non-hydrogen) atoms. The van der Waals surface area contributed by atoms with E-state index in [1.54, 1.807) is 11.7 Å². The minimum absolute atomic E-state index is 0.216. The fourth-order valence-electron chi connectivity index (χ4n) is 2.91. The summed E-state index contributed by atoms with van der Waals surface area (Å²) in [6.45, 7) is 2.06. The monoisotopic (exact) mass is 341 g/mol. The molecule has 0 radical (unpaired) electrons. The minimum Gasteiger partial charge on any atom is -0.343 e. The first-order valence-electron chi connectivity index (χ1n) is 8.55. The number of nitrogens with zero attached hydrogens (tertiary/aromatic N) is 3. The Morgan fingerprint density at radius 2 is 2.08 bits per heavy atom. The van der Waals surface area contributed by atoms with E-state index < -0.39 is 0 Å². The number of benzene rings is 1. The number of amides is 3. The van der Waals surface area contributed by atoms with Crippen molar-refractivity contribution < 1.29 is 9.59 Å². The highest BCUT2D eigenvalue weighted by molar-refractivity contribution is 5.89. The van der Waals surface area contributed by atoms with Crippen molar-refractivity contribution in [2.75, 3.05) is 25.0 Å². The lowest BCUT2D eigenvalue weighted by Crippen LogP contribution is -2.33. The summed E-state index contributed by atoms with van der Waals surface area (Å²) in [5.41, 5.74) is 1.81. The second-order valence-corrected chi connectivity index (χ2v) is 6.12. The number of anilines is 1. The fraction of sp³-hybridized carbons (Fsp3) is 0.389. The van der Waals surface area contributed by atoms with Gasteiger partial charge in [0.1, 0.15) is 5.82 Å². The van der Waals surface area contributed by atoms with E-state index in [9.17, 15) is 9.59 Å². The number of carbonyl (C=O) groups excluding carboxylic acids is 2. The Kier molecular flexibility index (Phi) is 5.33. The molecule has 0 aliphatic carbocycles. The van der Waals surface area contributed by atoms with Gasteiger partial charge in [0, 0.05) is 44.7 Å². The molecule has 1 aliphatic rings. The molecular formula is C18H23N5O2. The van der Waals surface area contributed by atoms with E-state index in [1.165, 1.54) is 0 Å². The number of carbonyl (C=O) groups is 2. The second-order valence-electron chi connectivity index (χ2n) is 6.12. The summed E-state index contributed by atoms with van der Waals surface area (Å²) in [5, 5.41) is 10.0. The molecule has 7 nitrogen and oxygen atoms in total.